The number of rotatable bonds is 3. The quantitative estimate of drug-likeness (QED) is 0.517. The van der Waals surface area contributed by atoms with Crippen molar-refractivity contribution in [2.45, 2.75) is 26.2 Å². The molecule has 0 bridgehead atoms. The maximum absolute atomic E-state index is 3.35. The largest absolute Gasteiger partial charge is 0.114 e. The Morgan fingerprint density at radius 3 is 2.00 bits per heavy atom. The molecule has 0 unspecified atom stereocenters. The molecular weight excluding hydrogens is 220 g/mol. The molecule has 0 aromatic heterocycles. The summed E-state index contributed by atoms with van der Waals surface area (Å²) in [5.41, 5.74) is 0. The first-order chi connectivity index (χ1) is 2.91. The van der Waals surface area contributed by atoms with Crippen molar-refractivity contribution in [2.75, 3.05) is 5.33 Å². The Labute approximate surface area is 64.6 Å². The number of unbranched alkanes of at least 4 members (excludes halogenated alkanes) is 2. The Morgan fingerprint density at radius 2 is 1.86 bits per heavy atom. The average Bonchev–Trinajstić information content (AvgIpc) is 1.61. The average molecular weight is 232 g/mol. The van der Waals surface area contributed by atoms with Gasteiger partial charge in [-0.25, -0.2) is 0 Å². The summed E-state index contributed by atoms with van der Waals surface area (Å²) in [4.78, 5) is 0. The van der Waals surface area contributed by atoms with Gasteiger partial charge in [-0.2, -0.15) is 0 Å². The van der Waals surface area contributed by atoms with Crippen LogP contribution in [0.15, 0.2) is 0 Å². The van der Waals surface area contributed by atoms with Crippen LogP contribution in [0, 0.1) is 0 Å². The second kappa shape index (κ2) is 10.0. The second-order valence-electron chi connectivity index (χ2n) is 1.40. The first kappa shape index (κ1) is 10.9. The van der Waals surface area contributed by atoms with E-state index in [1.165, 1.54) is 24.6 Å². The Balaban J connectivity index is 0. The first-order valence-corrected chi connectivity index (χ1v) is 3.60. The van der Waals surface area contributed by atoms with Gasteiger partial charge in [0.25, 0.3) is 0 Å². The van der Waals surface area contributed by atoms with E-state index in [9.17, 15) is 0 Å². The fraction of sp³-hybridized carbons (Fsp3) is 1.00. The smallest absolute Gasteiger partial charge is 0.00313 e. The zero-order chi connectivity index (χ0) is 4.83. The summed E-state index contributed by atoms with van der Waals surface area (Å²) < 4.78 is 0. The van der Waals surface area contributed by atoms with E-state index in [1.54, 1.807) is 0 Å². The molecule has 0 fully saturated rings. The summed E-state index contributed by atoms with van der Waals surface area (Å²) in [6.45, 7) is 2.21. The standard InChI is InChI=1S/C5H11Br.BrH/c1-2-3-4-5-6;/h2-5H2,1H3;1H. The fourth-order valence-electron chi connectivity index (χ4n) is 0.344. The number of hydrogen-bond donors (Lipinski definition) is 0. The van der Waals surface area contributed by atoms with Crippen LogP contribution < -0.4 is 0 Å². The summed E-state index contributed by atoms with van der Waals surface area (Å²) in [5, 5.41) is 1.17. The van der Waals surface area contributed by atoms with Crippen molar-refractivity contribution in [1.82, 2.24) is 0 Å². The van der Waals surface area contributed by atoms with Gasteiger partial charge in [0, 0.05) is 5.33 Å². The van der Waals surface area contributed by atoms with Gasteiger partial charge in [-0.15, -0.1) is 17.0 Å². The summed E-state index contributed by atoms with van der Waals surface area (Å²) in [6, 6.07) is 0. The number of halogens is 2. The Bertz CT molecular complexity index is 18.0. The van der Waals surface area contributed by atoms with Crippen LogP contribution in [0.25, 0.3) is 0 Å². The third kappa shape index (κ3) is 10.9. The minimum atomic E-state index is 0. The molecule has 0 radical (unpaired) electrons. The van der Waals surface area contributed by atoms with E-state index in [0.29, 0.717) is 0 Å². The maximum Gasteiger partial charge on any atom is 0.00313 e. The summed E-state index contributed by atoms with van der Waals surface area (Å²) >= 11 is 3.35. The SMILES string of the molecule is Br.CCCCCBr. The molecule has 0 rings (SSSR count). The van der Waals surface area contributed by atoms with Gasteiger partial charge in [0.2, 0.25) is 0 Å². The third-order valence-electron chi connectivity index (χ3n) is 0.737. The molecule has 7 heavy (non-hydrogen) atoms. The molecule has 0 aliphatic carbocycles. The zero-order valence-corrected chi connectivity index (χ0v) is 7.91. The molecule has 0 heterocycles. The van der Waals surface area contributed by atoms with Crippen LogP contribution in [-0.4, -0.2) is 5.33 Å². The van der Waals surface area contributed by atoms with Gasteiger partial charge in [0.05, 0.1) is 0 Å². The van der Waals surface area contributed by atoms with E-state index >= 15 is 0 Å². The molecule has 0 aromatic rings. The lowest BCUT2D eigenvalue weighted by molar-refractivity contribution is 0.781. The molecule has 0 N–H and O–H groups in total. The van der Waals surface area contributed by atoms with Gasteiger partial charge in [-0.3, -0.25) is 0 Å². The van der Waals surface area contributed by atoms with Crippen molar-refractivity contribution >= 4 is 32.9 Å². The van der Waals surface area contributed by atoms with Crippen LogP contribution in [0.3, 0.4) is 0 Å². The van der Waals surface area contributed by atoms with E-state index in [1.807, 2.05) is 0 Å². The summed E-state index contributed by atoms with van der Waals surface area (Å²) in [7, 11) is 0. The lowest BCUT2D eigenvalue weighted by Crippen LogP contribution is -1.70. The van der Waals surface area contributed by atoms with Crippen molar-refractivity contribution in [3.63, 3.8) is 0 Å². The van der Waals surface area contributed by atoms with Crippen LogP contribution >= 0.6 is 32.9 Å². The monoisotopic (exact) mass is 230 g/mol. The van der Waals surface area contributed by atoms with Crippen LogP contribution in [-0.2, 0) is 0 Å². The van der Waals surface area contributed by atoms with Crippen LogP contribution in [0.4, 0.5) is 0 Å². The van der Waals surface area contributed by atoms with Crippen LogP contribution in [0.5, 0.6) is 0 Å². The number of alkyl halides is 1. The van der Waals surface area contributed by atoms with Gasteiger partial charge in [0.1, 0.15) is 0 Å². The van der Waals surface area contributed by atoms with Gasteiger partial charge in [-0.1, -0.05) is 35.7 Å². The molecule has 0 aromatic carbocycles. The summed E-state index contributed by atoms with van der Waals surface area (Å²) in [5.74, 6) is 0. The van der Waals surface area contributed by atoms with Crippen molar-refractivity contribution in [3.8, 4) is 0 Å². The van der Waals surface area contributed by atoms with Crippen LogP contribution in [0.2, 0.25) is 0 Å². The maximum atomic E-state index is 3.35. The molecule has 0 aliphatic heterocycles. The van der Waals surface area contributed by atoms with Crippen LogP contribution in [0.1, 0.15) is 26.2 Å². The highest BCUT2D eigenvalue weighted by molar-refractivity contribution is 9.09. The Kier molecular flexibility index (Phi) is 15.6. The first-order valence-electron chi connectivity index (χ1n) is 2.47. The molecule has 0 atom stereocenters. The highest BCUT2D eigenvalue weighted by Gasteiger charge is 1.76. The zero-order valence-electron chi connectivity index (χ0n) is 4.61. The number of hydrogen-bond acceptors (Lipinski definition) is 0. The lowest BCUT2D eigenvalue weighted by atomic mass is 10.3. The molecular formula is C5H12Br2. The molecule has 0 nitrogen and oxygen atoms in total. The molecule has 0 saturated heterocycles. The van der Waals surface area contributed by atoms with Gasteiger partial charge in [0.15, 0.2) is 0 Å². The van der Waals surface area contributed by atoms with E-state index in [4.69, 9.17) is 0 Å². The molecule has 0 aliphatic rings. The highest BCUT2D eigenvalue weighted by Crippen LogP contribution is 1.95. The van der Waals surface area contributed by atoms with Gasteiger partial charge < -0.3 is 0 Å². The highest BCUT2D eigenvalue weighted by atomic mass is 79.9. The summed E-state index contributed by atoms with van der Waals surface area (Å²) in [6.07, 6.45) is 4.02. The normalized spacial score (nSPS) is 7.71. The van der Waals surface area contributed by atoms with Crippen molar-refractivity contribution in [2.24, 2.45) is 0 Å². The lowest BCUT2D eigenvalue weighted by Gasteiger charge is -1.85. The molecule has 0 amide bonds. The van der Waals surface area contributed by atoms with Gasteiger partial charge in [-0.05, 0) is 6.42 Å². The molecule has 2 heteroatoms. The van der Waals surface area contributed by atoms with Crippen molar-refractivity contribution in [3.05, 3.63) is 0 Å². The molecule has 0 saturated carbocycles. The van der Waals surface area contributed by atoms with E-state index in [0.717, 1.165) is 0 Å². The second-order valence-corrected chi connectivity index (χ2v) is 2.19. The topological polar surface area (TPSA) is 0 Å². The van der Waals surface area contributed by atoms with E-state index in [-0.39, 0.29) is 17.0 Å². The minimum absolute atomic E-state index is 0. The van der Waals surface area contributed by atoms with E-state index < -0.39 is 0 Å². The molecule has 0 spiro atoms. The van der Waals surface area contributed by atoms with Crippen molar-refractivity contribution in [1.29, 1.82) is 0 Å². The Morgan fingerprint density at radius 1 is 1.29 bits per heavy atom. The third-order valence-corrected chi connectivity index (χ3v) is 1.30. The predicted octanol–water partition coefficient (Wildman–Crippen LogP) is 3.15. The molecule has 46 valence electrons. The van der Waals surface area contributed by atoms with Gasteiger partial charge >= 0.3 is 0 Å². The fourth-order valence-corrected chi connectivity index (χ4v) is 0.741. The van der Waals surface area contributed by atoms with Crippen molar-refractivity contribution < 1.29 is 0 Å². The Hall–Kier alpha value is 0.960. The minimum Gasteiger partial charge on any atom is -0.114 e. The van der Waals surface area contributed by atoms with E-state index in [2.05, 4.69) is 22.9 Å². The predicted molar refractivity (Wildman–Crippen MR) is 43.6 cm³/mol.